The van der Waals surface area contributed by atoms with Crippen molar-refractivity contribution < 1.29 is 14.6 Å². The molecule has 0 aromatic heterocycles. The first-order valence-electron chi connectivity index (χ1n) is 5.14. The largest absolute Gasteiger partial charge is 0.479 e. The Bertz CT molecular complexity index is 430. The third-order valence-corrected chi connectivity index (χ3v) is 3.61. The number of carboxylic acid groups (broad SMARTS) is 1. The third-order valence-electron chi connectivity index (χ3n) is 3.26. The zero-order valence-corrected chi connectivity index (χ0v) is 9.75. The van der Waals surface area contributed by atoms with Crippen molar-refractivity contribution in [3.63, 3.8) is 0 Å². The number of halogens is 1. The van der Waals surface area contributed by atoms with Crippen LogP contribution in [-0.4, -0.2) is 23.8 Å². The average Bonchev–Trinajstić information content (AvgIpc) is 2.29. The smallest absolute Gasteiger partial charge is 0.336 e. The summed E-state index contributed by atoms with van der Waals surface area (Å²) in [5.41, 5.74) is 0.916. The van der Waals surface area contributed by atoms with Crippen LogP contribution in [0.4, 0.5) is 0 Å². The van der Waals surface area contributed by atoms with Crippen LogP contribution in [0.15, 0.2) is 18.2 Å². The van der Waals surface area contributed by atoms with Gasteiger partial charge in [0.2, 0.25) is 0 Å². The standard InChI is InChI=1S/C12H13ClO3/c1-16-12(11(14)15)6-5-8-3-2-4-10(13)9(8)7-12/h2-4H,5-7H2,1H3,(H,14,15). The van der Waals surface area contributed by atoms with Gasteiger partial charge >= 0.3 is 5.97 Å². The molecule has 0 saturated carbocycles. The molecular formula is C12H13ClO3. The van der Waals surface area contributed by atoms with Gasteiger partial charge in [-0.25, -0.2) is 4.79 Å². The van der Waals surface area contributed by atoms with Crippen molar-refractivity contribution in [3.8, 4) is 0 Å². The van der Waals surface area contributed by atoms with E-state index in [-0.39, 0.29) is 0 Å². The average molecular weight is 241 g/mol. The Kier molecular flexibility index (Phi) is 2.91. The molecule has 0 spiro atoms. The monoisotopic (exact) mass is 240 g/mol. The Morgan fingerprint density at radius 2 is 2.31 bits per heavy atom. The molecule has 86 valence electrons. The molecule has 0 saturated heterocycles. The van der Waals surface area contributed by atoms with Crippen molar-refractivity contribution in [3.05, 3.63) is 34.3 Å². The summed E-state index contributed by atoms with van der Waals surface area (Å²) in [7, 11) is 1.44. The molecule has 0 fully saturated rings. The van der Waals surface area contributed by atoms with Crippen LogP contribution in [0.3, 0.4) is 0 Å². The number of aliphatic carboxylic acids is 1. The second-order valence-electron chi connectivity index (χ2n) is 4.06. The number of hydrogen-bond acceptors (Lipinski definition) is 2. The molecule has 4 heteroatoms. The fourth-order valence-electron chi connectivity index (χ4n) is 2.19. The van der Waals surface area contributed by atoms with Gasteiger partial charge in [-0.05, 0) is 30.0 Å². The van der Waals surface area contributed by atoms with Crippen molar-refractivity contribution in [2.45, 2.75) is 24.9 Å². The van der Waals surface area contributed by atoms with Crippen molar-refractivity contribution in [1.29, 1.82) is 0 Å². The van der Waals surface area contributed by atoms with Gasteiger partial charge in [0.1, 0.15) is 0 Å². The minimum absolute atomic E-state index is 0.341. The minimum Gasteiger partial charge on any atom is -0.479 e. The molecule has 0 bridgehead atoms. The van der Waals surface area contributed by atoms with Gasteiger partial charge in [-0.1, -0.05) is 23.7 Å². The van der Waals surface area contributed by atoms with Gasteiger partial charge in [0.05, 0.1) is 0 Å². The zero-order valence-electron chi connectivity index (χ0n) is 9.00. The van der Waals surface area contributed by atoms with Gasteiger partial charge in [-0.15, -0.1) is 0 Å². The molecule has 0 heterocycles. The number of benzene rings is 1. The first-order chi connectivity index (χ1) is 7.59. The van der Waals surface area contributed by atoms with E-state index in [4.69, 9.17) is 16.3 Å². The highest BCUT2D eigenvalue weighted by atomic mass is 35.5. The first-order valence-corrected chi connectivity index (χ1v) is 5.52. The lowest BCUT2D eigenvalue weighted by molar-refractivity contribution is -0.163. The highest BCUT2D eigenvalue weighted by molar-refractivity contribution is 6.31. The number of ether oxygens (including phenoxy) is 1. The molecule has 3 nitrogen and oxygen atoms in total. The number of rotatable bonds is 2. The van der Waals surface area contributed by atoms with Gasteiger partial charge in [0, 0.05) is 18.6 Å². The van der Waals surface area contributed by atoms with E-state index in [2.05, 4.69) is 0 Å². The fourth-order valence-corrected chi connectivity index (χ4v) is 2.45. The molecule has 1 aliphatic carbocycles. The summed E-state index contributed by atoms with van der Waals surface area (Å²) in [6.45, 7) is 0. The second-order valence-corrected chi connectivity index (χ2v) is 4.47. The van der Waals surface area contributed by atoms with Crippen LogP contribution in [0.5, 0.6) is 0 Å². The molecule has 0 amide bonds. The summed E-state index contributed by atoms with van der Waals surface area (Å²) in [4.78, 5) is 11.3. The summed E-state index contributed by atoms with van der Waals surface area (Å²) in [5.74, 6) is -0.916. The predicted octanol–water partition coefficient (Wildman–Crippen LogP) is 2.30. The molecule has 1 unspecified atom stereocenters. The van der Waals surface area contributed by atoms with Gasteiger partial charge in [0.25, 0.3) is 0 Å². The summed E-state index contributed by atoms with van der Waals surface area (Å²) in [6.07, 6.45) is 1.52. The van der Waals surface area contributed by atoms with Gasteiger partial charge < -0.3 is 9.84 Å². The van der Waals surface area contributed by atoms with Gasteiger partial charge in [0.15, 0.2) is 5.60 Å². The third kappa shape index (κ3) is 1.70. The molecule has 1 aromatic carbocycles. The highest BCUT2D eigenvalue weighted by Gasteiger charge is 2.42. The maximum absolute atomic E-state index is 11.3. The maximum Gasteiger partial charge on any atom is 0.336 e. The molecular weight excluding hydrogens is 228 g/mol. The second kappa shape index (κ2) is 4.07. The van der Waals surface area contributed by atoms with Crippen molar-refractivity contribution in [1.82, 2.24) is 0 Å². The lowest BCUT2D eigenvalue weighted by Gasteiger charge is -2.33. The number of methoxy groups -OCH3 is 1. The number of carbonyl (C=O) groups is 1. The minimum atomic E-state index is -1.11. The Labute approximate surface area is 99.0 Å². The Balaban J connectivity index is 2.42. The molecule has 0 aliphatic heterocycles. The maximum atomic E-state index is 11.3. The Hall–Kier alpha value is -1.06. The van der Waals surface area contributed by atoms with E-state index in [1.165, 1.54) is 7.11 Å². The normalized spacial score (nSPS) is 23.9. The van der Waals surface area contributed by atoms with Crippen molar-refractivity contribution in [2.75, 3.05) is 7.11 Å². The number of aryl methyl sites for hydroxylation is 1. The zero-order chi connectivity index (χ0) is 11.8. The topological polar surface area (TPSA) is 46.5 Å². The van der Waals surface area contributed by atoms with Crippen LogP contribution in [0, 0.1) is 0 Å². The number of carboxylic acids is 1. The molecule has 1 aliphatic rings. The Morgan fingerprint density at radius 1 is 1.56 bits per heavy atom. The molecule has 2 rings (SSSR count). The lowest BCUT2D eigenvalue weighted by atomic mass is 9.80. The van der Waals surface area contributed by atoms with Crippen LogP contribution in [-0.2, 0) is 22.4 Å². The number of fused-ring (bicyclic) bond motifs is 1. The van der Waals surface area contributed by atoms with Gasteiger partial charge in [-0.2, -0.15) is 0 Å². The van der Waals surface area contributed by atoms with Crippen LogP contribution in [0.2, 0.25) is 5.02 Å². The van der Waals surface area contributed by atoms with E-state index in [1.54, 1.807) is 6.07 Å². The van der Waals surface area contributed by atoms with Crippen LogP contribution >= 0.6 is 11.6 Å². The molecule has 1 N–H and O–H groups in total. The summed E-state index contributed by atoms with van der Waals surface area (Å²) in [6, 6.07) is 5.67. The van der Waals surface area contributed by atoms with E-state index in [1.807, 2.05) is 12.1 Å². The van der Waals surface area contributed by atoms with Crippen molar-refractivity contribution >= 4 is 17.6 Å². The first kappa shape index (κ1) is 11.4. The summed E-state index contributed by atoms with van der Waals surface area (Å²) in [5, 5.41) is 9.86. The number of hydrogen-bond donors (Lipinski definition) is 1. The predicted molar refractivity (Wildman–Crippen MR) is 60.9 cm³/mol. The van der Waals surface area contributed by atoms with E-state index < -0.39 is 11.6 Å². The summed E-state index contributed by atoms with van der Waals surface area (Å²) >= 11 is 6.08. The van der Waals surface area contributed by atoms with Crippen LogP contribution in [0.1, 0.15) is 17.5 Å². The highest BCUT2D eigenvalue weighted by Crippen LogP contribution is 2.35. The fraction of sp³-hybridized carbons (Fsp3) is 0.417. The Morgan fingerprint density at radius 3 is 2.94 bits per heavy atom. The summed E-state index contributed by atoms with van der Waals surface area (Å²) < 4.78 is 5.19. The van der Waals surface area contributed by atoms with E-state index in [0.717, 1.165) is 11.1 Å². The van der Waals surface area contributed by atoms with Crippen LogP contribution < -0.4 is 0 Å². The molecule has 1 aromatic rings. The lowest BCUT2D eigenvalue weighted by Crippen LogP contribution is -2.45. The van der Waals surface area contributed by atoms with Crippen molar-refractivity contribution in [2.24, 2.45) is 0 Å². The molecule has 0 radical (unpaired) electrons. The van der Waals surface area contributed by atoms with Gasteiger partial charge in [-0.3, -0.25) is 0 Å². The quantitative estimate of drug-likeness (QED) is 0.863. The van der Waals surface area contributed by atoms with E-state index >= 15 is 0 Å². The van der Waals surface area contributed by atoms with Crippen LogP contribution in [0.25, 0.3) is 0 Å². The van der Waals surface area contributed by atoms with E-state index in [9.17, 15) is 9.90 Å². The van der Waals surface area contributed by atoms with E-state index in [0.29, 0.717) is 24.3 Å². The molecule has 16 heavy (non-hydrogen) atoms. The molecule has 1 atom stereocenters. The SMILES string of the molecule is COC1(C(=O)O)CCc2cccc(Cl)c2C1.